The molecule has 0 unspecified atom stereocenters. The van der Waals surface area contributed by atoms with E-state index in [-0.39, 0.29) is 18.8 Å². The Morgan fingerprint density at radius 2 is 1.87 bits per heavy atom. The van der Waals surface area contributed by atoms with Gasteiger partial charge in [-0.2, -0.15) is 0 Å². The monoisotopic (exact) mass is 534 g/mol. The van der Waals surface area contributed by atoms with E-state index >= 15 is 0 Å². The highest BCUT2D eigenvalue weighted by Crippen LogP contribution is 2.28. The van der Waals surface area contributed by atoms with Gasteiger partial charge in [-0.05, 0) is 51.3 Å². The molecule has 0 radical (unpaired) electrons. The van der Waals surface area contributed by atoms with Gasteiger partial charge < -0.3 is 15.0 Å². The number of carbonyl (C=O) groups is 1. The van der Waals surface area contributed by atoms with E-state index < -0.39 is 29.9 Å². The lowest BCUT2D eigenvalue weighted by Gasteiger charge is -2.26. The van der Waals surface area contributed by atoms with Crippen LogP contribution >= 0.6 is 0 Å². The molecule has 3 heterocycles. The Balaban J connectivity index is 1.81. The molecule has 0 saturated heterocycles. The molecule has 0 fully saturated rings. The summed E-state index contributed by atoms with van der Waals surface area (Å²) in [5, 5.41) is 3.21. The van der Waals surface area contributed by atoms with Gasteiger partial charge in [-0.25, -0.2) is 24.3 Å². The van der Waals surface area contributed by atoms with Gasteiger partial charge in [0.05, 0.1) is 24.5 Å². The molecule has 3 rings (SSSR count). The van der Waals surface area contributed by atoms with Gasteiger partial charge in [-0.3, -0.25) is 4.79 Å². The highest BCUT2D eigenvalue weighted by atomic mass is 19.4. The number of unbranched alkanes of at least 4 members (excludes halogenated alkanes) is 1. The molecule has 0 aliphatic heterocycles. The Morgan fingerprint density at radius 3 is 2.50 bits per heavy atom. The fourth-order valence-electron chi connectivity index (χ4n) is 3.89. The van der Waals surface area contributed by atoms with Gasteiger partial charge >= 0.3 is 6.36 Å². The van der Waals surface area contributed by atoms with Gasteiger partial charge in [0.15, 0.2) is 5.82 Å². The first-order valence-corrected chi connectivity index (χ1v) is 12.3. The van der Waals surface area contributed by atoms with Gasteiger partial charge in [0, 0.05) is 36.1 Å². The van der Waals surface area contributed by atoms with Crippen molar-refractivity contribution in [2.24, 2.45) is 0 Å². The highest BCUT2D eigenvalue weighted by molar-refractivity contribution is 5.83. The Labute approximate surface area is 218 Å². The van der Waals surface area contributed by atoms with Crippen molar-refractivity contribution < 1.29 is 27.1 Å². The van der Waals surface area contributed by atoms with Crippen LogP contribution in [-0.4, -0.2) is 50.3 Å². The van der Waals surface area contributed by atoms with E-state index in [1.54, 1.807) is 25.4 Å². The second-order valence-corrected chi connectivity index (χ2v) is 8.65. The number of alkyl halides is 3. The zero-order valence-electron chi connectivity index (χ0n) is 21.6. The number of aryl methyl sites for hydroxylation is 2. The fraction of sp³-hybridized carbons (Fsp3) is 0.423. The molecule has 0 aliphatic carbocycles. The van der Waals surface area contributed by atoms with Gasteiger partial charge in [0.2, 0.25) is 11.8 Å². The average Bonchev–Trinajstić information content (AvgIpc) is 2.88. The maximum atomic E-state index is 14.4. The van der Waals surface area contributed by atoms with Crippen molar-refractivity contribution in [3.8, 4) is 17.3 Å². The van der Waals surface area contributed by atoms with Gasteiger partial charge in [0.1, 0.15) is 11.6 Å². The van der Waals surface area contributed by atoms with E-state index in [0.29, 0.717) is 23.5 Å². The number of rotatable bonds is 11. The summed E-state index contributed by atoms with van der Waals surface area (Å²) in [6.07, 6.45) is 1.58. The molecule has 3 aromatic rings. The number of hydrogen-bond acceptors (Lipinski definition) is 7. The lowest BCUT2D eigenvalue weighted by atomic mass is 10.0. The number of hydrogen-bond donors (Lipinski definition) is 1. The molecule has 12 heteroatoms. The van der Waals surface area contributed by atoms with E-state index in [1.807, 2.05) is 13.0 Å². The summed E-state index contributed by atoms with van der Waals surface area (Å²) in [5.41, 5.74) is 2.21. The molecule has 1 atom stereocenters. The van der Waals surface area contributed by atoms with Crippen molar-refractivity contribution in [2.75, 3.05) is 18.5 Å². The Bertz CT molecular complexity index is 1240. The lowest BCUT2D eigenvalue weighted by Crippen LogP contribution is -2.38. The zero-order valence-corrected chi connectivity index (χ0v) is 21.6. The fourth-order valence-corrected chi connectivity index (χ4v) is 3.89. The molecule has 0 aromatic carbocycles. The van der Waals surface area contributed by atoms with E-state index in [0.717, 1.165) is 36.5 Å². The molecule has 0 saturated carbocycles. The first-order valence-electron chi connectivity index (χ1n) is 12.3. The maximum absolute atomic E-state index is 14.4. The molecule has 38 heavy (non-hydrogen) atoms. The number of halogens is 4. The third-order valence-corrected chi connectivity index (χ3v) is 5.95. The topological polar surface area (TPSA) is 93.1 Å². The number of anilines is 1. The molecule has 0 bridgehead atoms. The molecule has 1 amide bonds. The standard InChI is InChI=1S/C26H30F4N6O2/c1-5-7-9-18-12-20(24-31-10-8-11-32-24)17(4)35-23(18)34-15-36(6-2)25(37)16(3)19-13-22(33-14-21(19)27)38-26(28,29)30/h8,10-14,16H,5-7,9,15H2,1-4H3,(H,34,35)/t16-/m1/s1. The Morgan fingerprint density at radius 1 is 1.16 bits per heavy atom. The van der Waals surface area contributed by atoms with E-state index in [2.05, 4.69) is 31.9 Å². The molecule has 8 nitrogen and oxygen atoms in total. The summed E-state index contributed by atoms with van der Waals surface area (Å²) < 4.78 is 56.0. The normalized spacial score (nSPS) is 12.2. The average molecular weight is 535 g/mol. The maximum Gasteiger partial charge on any atom is 0.574 e. The predicted octanol–water partition coefficient (Wildman–Crippen LogP) is 5.64. The summed E-state index contributed by atoms with van der Waals surface area (Å²) in [5.74, 6) is -2.13. The summed E-state index contributed by atoms with van der Waals surface area (Å²) in [4.78, 5) is 31.3. The minimum absolute atomic E-state index is 0.0605. The minimum Gasteiger partial charge on any atom is -0.388 e. The van der Waals surface area contributed by atoms with Crippen molar-refractivity contribution in [3.05, 3.63) is 59.4 Å². The van der Waals surface area contributed by atoms with Gasteiger partial charge in [-0.15, -0.1) is 13.2 Å². The van der Waals surface area contributed by atoms with Crippen LogP contribution < -0.4 is 10.1 Å². The summed E-state index contributed by atoms with van der Waals surface area (Å²) >= 11 is 0. The van der Waals surface area contributed by atoms with Crippen molar-refractivity contribution in [1.82, 2.24) is 24.8 Å². The van der Waals surface area contributed by atoms with Gasteiger partial charge in [-0.1, -0.05) is 13.3 Å². The number of likely N-dealkylation sites (N-methyl/N-ethyl adjacent to an activating group) is 1. The first kappa shape index (κ1) is 28.7. The first-order chi connectivity index (χ1) is 18.0. The second kappa shape index (κ2) is 12.6. The molecule has 204 valence electrons. The van der Waals surface area contributed by atoms with Crippen LogP contribution in [0.4, 0.5) is 23.4 Å². The largest absolute Gasteiger partial charge is 0.574 e. The molecule has 0 aliphatic rings. The summed E-state index contributed by atoms with van der Waals surface area (Å²) in [6, 6.07) is 4.52. The smallest absolute Gasteiger partial charge is 0.388 e. The molecule has 1 N–H and O–H groups in total. The number of carbonyl (C=O) groups excluding carboxylic acids is 1. The van der Waals surface area contributed by atoms with E-state index in [9.17, 15) is 22.4 Å². The third-order valence-electron chi connectivity index (χ3n) is 5.95. The van der Waals surface area contributed by atoms with Crippen LogP contribution in [-0.2, 0) is 11.2 Å². The van der Waals surface area contributed by atoms with E-state index in [1.165, 1.54) is 11.8 Å². The number of ether oxygens (including phenoxy) is 1. The van der Waals surface area contributed by atoms with Crippen LogP contribution in [0.1, 0.15) is 56.4 Å². The molecule has 0 spiro atoms. The van der Waals surface area contributed by atoms with Crippen LogP contribution in [0.2, 0.25) is 0 Å². The minimum atomic E-state index is -4.99. The number of pyridine rings is 2. The van der Waals surface area contributed by atoms with Crippen LogP contribution in [0, 0.1) is 12.7 Å². The molecular weight excluding hydrogens is 504 g/mol. The van der Waals surface area contributed by atoms with Crippen LogP contribution in [0.25, 0.3) is 11.4 Å². The number of nitrogens with one attached hydrogen (secondary N) is 1. The number of nitrogens with zero attached hydrogens (tertiary/aromatic N) is 5. The van der Waals surface area contributed by atoms with Crippen molar-refractivity contribution in [3.63, 3.8) is 0 Å². The number of amides is 1. The van der Waals surface area contributed by atoms with Crippen molar-refractivity contribution in [2.45, 2.75) is 59.2 Å². The SMILES string of the molecule is CCCCc1cc(-c2ncccn2)c(C)nc1NCN(CC)C(=O)[C@H](C)c1cc(OC(F)(F)F)ncc1F. The molecule has 3 aromatic heterocycles. The quantitative estimate of drug-likeness (QED) is 0.251. The lowest BCUT2D eigenvalue weighted by molar-refractivity contribution is -0.276. The summed E-state index contributed by atoms with van der Waals surface area (Å²) in [6.45, 7) is 7.43. The highest BCUT2D eigenvalue weighted by Gasteiger charge is 2.33. The van der Waals surface area contributed by atoms with Gasteiger partial charge in [0.25, 0.3) is 0 Å². The van der Waals surface area contributed by atoms with E-state index in [4.69, 9.17) is 4.98 Å². The third kappa shape index (κ3) is 7.36. The Kier molecular flexibility index (Phi) is 9.54. The Hall–Kier alpha value is -3.83. The molecular formula is C26H30F4N6O2. The van der Waals surface area contributed by atoms with Crippen molar-refractivity contribution in [1.29, 1.82) is 0 Å². The zero-order chi connectivity index (χ0) is 27.9. The van der Waals surface area contributed by atoms with Crippen LogP contribution in [0.5, 0.6) is 5.88 Å². The van der Waals surface area contributed by atoms with Crippen LogP contribution in [0.3, 0.4) is 0 Å². The summed E-state index contributed by atoms with van der Waals surface area (Å²) in [7, 11) is 0. The van der Waals surface area contributed by atoms with Crippen LogP contribution in [0.15, 0.2) is 36.8 Å². The van der Waals surface area contributed by atoms with Crippen molar-refractivity contribution >= 4 is 11.7 Å². The second-order valence-electron chi connectivity index (χ2n) is 8.65. The number of aromatic nitrogens is 4. The predicted molar refractivity (Wildman–Crippen MR) is 134 cm³/mol.